The molecule has 2 heterocycles. The third-order valence-corrected chi connectivity index (χ3v) is 4.34. The number of piperazine rings is 1. The second kappa shape index (κ2) is 7.01. The summed E-state index contributed by atoms with van der Waals surface area (Å²) in [5.74, 6) is -0.341. The van der Waals surface area contributed by atoms with Gasteiger partial charge in [-0.25, -0.2) is 9.78 Å². The largest absolute Gasteiger partial charge is 0.461 e. The molecule has 0 amide bonds. The van der Waals surface area contributed by atoms with E-state index in [4.69, 9.17) is 9.84 Å². The number of carbonyl (C=O) groups is 1. The molecule has 1 N–H and O–H groups in total. The molecule has 1 fully saturated rings. The van der Waals surface area contributed by atoms with Gasteiger partial charge in [0, 0.05) is 37.6 Å². The Balaban J connectivity index is 2.00. The Morgan fingerprint density at radius 2 is 2.10 bits per heavy atom. The average molecular weight is 299 g/mol. The zero-order valence-electron chi connectivity index (χ0n) is 12.0. The van der Waals surface area contributed by atoms with Gasteiger partial charge in [0.25, 0.3) is 0 Å². The van der Waals surface area contributed by atoms with Crippen LogP contribution < -0.4 is 4.90 Å². The van der Waals surface area contributed by atoms with Gasteiger partial charge in [-0.3, -0.25) is 4.90 Å². The van der Waals surface area contributed by atoms with Crippen molar-refractivity contribution < 1.29 is 14.6 Å². The van der Waals surface area contributed by atoms with Crippen molar-refractivity contribution in [2.45, 2.75) is 13.8 Å². The van der Waals surface area contributed by atoms with Gasteiger partial charge in [0.05, 0.1) is 13.2 Å². The molecule has 1 aliphatic heterocycles. The Bertz CT molecular complexity index is 456. The van der Waals surface area contributed by atoms with E-state index in [1.807, 2.05) is 6.92 Å². The van der Waals surface area contributed by atoms with Crippen molar-refractivity contribution in [2.75, 3.05) is 50.8 Å². The van der Waals surface area contributed by atoms with Gasteiger partial charge in [0.1, 0.15) is 0 Å². The zero-order chi connectivity index (χ0) is 14.5. The number of anilines is 1. The number of thiazole rings is 1. The Labute approximate surface area is 123 Å². The molecule has 112 valence electrons. The van der Waals surface area contributed by atoms with Gasteiger partial charge in [-0.1, -0.05) is 0 Å². The molecule has 1 aromatic heterocycles. The normalized spacial score (nSPS) is 16.4. The summed E-state index contributed by atoms with van der Waals surface area (Å²) in [5, 5.41) is 9.82. The van der Waals surface area contributed by atoms with Gasteiger partial charge in [0.15, 0.2) is 10.8 Å². The summed E-state index contributed by atoms with van der Waals surface area (Å²) in [7, 11) is 0. The second-order valence-electron chi connectivity index (χ2n) is 4.67. The predicted octanol–water partition coefficient (Wildman–Crippen LogP) is 0.743. The lowest BCUT2D eigenvalue weighted by Gasteiger charge is -2.34. The highest BCUT2D eigenvalue weighted by atomic mass is 32.1. The highest BCUT2D eigenvalue weighted by Crippen LogP contribution is 2.27. The van der Waals surface area contributed by atoms with Crippen molar-refractivity contribution in [3.05, 3.63) is 10.6 Å². The minimum absolute atomic E-state index is 0.198. The molecule has 0 unspecified atom stereocenters. The predicted molar refractivity (Wildman–Crippen MR) is 78.5 cm³/mol. The van der Waals surface area contributed by atoms with E-state index in [-0.39, 0.29) is 12.6 Å². The number of nitrogens with zero attached hydrogens (tertiary/aromatic N) is 3. The fourth-order valence-electron chi connectivity index (χ4n) is 2.21. The molecule has 0 bridgehead atoms. The molecule has 1 aliphatic rings. The lowest BCUT2D eigenvalue weighted by Crippen LogP contribution is -2.47. The number of carbonyl (C=O) groups excluding carboxylic acids is 1. The van der Waals surface area contributed by atoms with E-state index in [0.29, 0.717) is 12.3 Å². The Hall–Kier alpha value is -1.18. The number of esters is 1. The van der Waals surface area contributed by atoms with Gasteiger partial charge in [0.2, 0.25) is 0 Å². The van der Waals surface area contributed by atoms with Crippen molar-refractivity contribution in [3.63, 3.8) is 0 Å². The van der Waals surface area contributed by atoms with Crippen LogP contribution in [0.2, 0.25) is 0 Å². The van der Waals surface area contributed by atoms with Crippen molar-refractivity contribution in [2.24, 2.45) is 0 Å². The molecule has 2 rings (SSSR count). The molecule has 0 aromatic carbocycles. The number of aliphatic hydroxyl groups excluding tert-OH is 1. The third kappa shape index (κ3) is 3.47. The van der Waals surface area contributed by atoms with Crippen LogP contribution in [0.5, 0.6) is 0 Å². The number of ether oxygens (including phenoxy) is 1. The molecule has 1 aromatic rings. The van der Waals surface area contributed by atoms with Crippen LogP contribution in [-0.4, -0.2) is 66.9 Å². The van der Waals surface area contributed by atoms with Crippen LogP contribution >= 0.6 is 11.3 Å². The zero-order valence-corrected chi connectivity index (χ0v) is 12.8. The minimum Gasteiger partial charge on any atom is -0.461 e. The van der Waals surface area contributed by atoms with Crippen LogP contribution in [0, 0.1) is 6.92 Å². The van der Waals surface area contributed by atoms with Crippen LogP contribution in [0.25, 0.3) is 0 Å². The van der Waals surface area contributed by atoms with Crippen molar-refractivity contribution in [1.82, 2.24) is 9.88 Å². The second-order valence-corrected chi connectivity index (χ2v) is 5.86. The first-order valence-corrected chi connectivity index (χ1v) is 7.70. The molecule has 6 nitrogen and oxygen atoms in total. The molecule has 20 heavy (non-hydrogen) atoms. The van der Waals surface area contributed by atoms with Crippen LogP contribution in [0.4, 0.5) is 5.13 Å². The van der Waals surface area contributed by atoms with E-state index >= 15 is 0 Å². The smallest absolute Gasteiger partial charge is 0.358 e. The summed E-state index contributed by atoms with van der Waals surface area (Å²) >= 11 is 1.54. The van der Waals surface area contributed by atoms with Crippen LogP contribution in [-0.2, 0) is 4.74 Å². The van der Waals surface area contributed by atoms with Gasteiger partial charge < -0.3 is 14.7 Å². The number of aromatic nitrogens is 1. The Morgan fingerprint density at radius 3 is 2.70 bits per heavy atom. The monoisotopic (exact) mass is 299 g/mol. The van der Waals surface area contributed by atoms with Crippen LogP contribution in [0.1, 0.15) is 22.3 Å². The maximum Gasteiger partial charge on any atom is 0.358 e. The number of hydrogen-bond acceptors (Lipinski definition) is 7. The van der Waals surface area contributed by atoms with E-state index in [1.54, 1.807) is 6.92 Å². The fraction of sp³-hybridized carbons (Fsp3) is 0.692. The maximum absolute atomic E-state index is 11.8. The highest BCUT2D eigenvalue weighted by molar-refractivity contribution is 7.15. The van der Waals surface area contributed by atoms with E-state index in [1.165, 1.54) is 11.3 Å². The molecule has 0 saturated carbocycles. The number of aliphatic hydroxyl groups is 1. The minimum atomic E-state index is -0.341. The molecule has 0 atom stereocenters. The first kappa shape index (κ1) is 15.2. The van der Waals surface area contributed by atoms with E-state index in [2.05, 4.69) is 14.8 Å². The molecular weight excluding hydrogens is 278 g/mol. The summed E-state index contributed by atoms with van der Waals surface area (Å²) in [5.41, 5.74) is 0.435. The molecule has 0 aliphatic carbocycles. The fourth-order valence-corrected chi connectivity index (χ4v) is 3.16. The van der Waals surface area contributed by atoms with Crippen LogP contribution in [0.15, 0.2) is 0 Å². The number of β-amino-alcohol motifs (C(OH)–C–C–N with tert-alkyl or cyclic N) is 1. The first-order chi connectivity index (χ1) is 9.65. The molecule has 1 saturated heterocycles. The number of aryl methyl sites for hydroxylation is 1. The Morgan fingerprint density at radius 1 is 1.40 bits per heavy atom. The average Bonchev–Trinajstić information content (AvgIpc) is 2.82. The van der Waals surface area contributed by atoms with Gasteiger partial charge >= 0.3 is 5.97 Å². The van der Waals surface area contributed by atoms with Crippen molar-refractivity contribution in [1.29, 1.82) is 0 Å². The SMILES string of the molecule is CCOC(=O)c1nc(N2CCN(CCO)CC2)sc1C. The number of hydrogen-bond donors (Lipinski definition) is 1. The summed E-state index contributed by atoms with van der Waals surface area (Å²) < 4.78 is 5.01. The topological polar surface area (TPSA) is 65.9 Å². The Kier molecular flexibility index (Phi) is 5.33. The van der Waals surface area contributed by atoms with E-state index in [9.17, 15) is 4.79 Å². The maximum atomic E-state index is 11.8. The van der Waals surface area contributed by atoms with E-state index < -0.39 is 0 Å². The van der Waals surface area contributed by atoms with Crippen molar-refractivity contribution >= 4 is 22.4 Å². The summed E-state index contributed by atoms with van der Waals surface area (Å²) in [6.07, 6.45) is 0. The highest BCUT2D eigenvalue weighted by Gasteiger charge is 2.22. The van der Waals surface area contributed by atoms with E-state index in [0.717, 1.165) is 42.7 Å². The van der Waals surface area contributed by atoms with Gasteiger partial charge in [-0.15, -0.1) is 11.3 Å². The van der Waals surface area contributed by atoms with Crippen molar-refractivity contribution in [3.8, 4) is 0 Å². The standard InChI is InChI=1S/C13H21N3O3S/c1-3-19-12(18)11-10(2)20-13(14-11)16-6-4-15(5-7-16)8-9-17/h17H,3-9H2,1-2H3. The first-order valence-electron chi connectivity index (χ1n) is 6.88. The molecular formula is C13H21N3O3S. The molecule has 0 radical (unpaired) electrons. The molecule has 7 heteroatoms. The van der Waals surface area contributed by atoms with Gasteiger partial charge in [-0.05, 0) is 13.8 Å². The molecule has 0 spiro atoms. The van der Waals surface area contributed by atoms with Gasteiger partial charge in [-0.2, -0.15) is 0 Å². The van der Waals surface area contributed by atoms with Crippen LogP contribution in [0.3, 0.4) is 0 Å². The lowest BCUT2D eigenvalue weighted by atomic mass is 10.3. The third-order valence-electron chi connectivity index (χ3n) is 3.31. The lowest BCUT2D eigenvalue weighted by molar-refractivity contribution is 0.0519. The summed E-state index contributed by atoms with van der Waals surface area (Å²) in [4.78, 5) is 21.5. The summed E-state index contributed by atoms with van der Waals surface area (Å²) in [6.45, 7) is 8.54. The summed E-state index contributed by atoms with van der Waals surface area (Å²) in [6, 6.07) is 0. The quantitative estimate of drug-likeness (QED) is 0.809. The number of rotatable bonds is 5.